The zero-order valence-corrected chi connectivity index (χ0v) is 14.1. The molecule has 3 rings (SSSR count). The number of fused-ring (bicyclic) bond motifs is 1. The fraction of sp³-hybridized carbons (Fsp3) is 0.368. The monoisotopic (exact) mass is 364 g/mol. The molecule has 0 unspecified atom stereocenters. The standard InChI is InChI=1S/C19H19F3N2O2/c20-19(21,22)18(26)23-12-13-8-10-24(11-9-13)17(25)16-7-3-5-14-4-1-2-6-15(14)16/h1-7,13H,8-12H2,(H,23,26). The molecule has 2 aromatic carbocycles. The Hall–Kier alpha value is -2.57. The van der Waals surface area contributed by atoms with Crippen molar-refractivity contribution in [3.8, 4) is 0 Å². The molecule has 0 saturated carbocycles. The zero-order chi connectivity index (χ0) is 18.7. The molecular formula is C19H19F3N2O2. The predicted molar refractivity (Wildman–Crippen MR) is 91.6 cm³/mol. The van der Waals surface area contributed by atoms with Crippen molar-refractivity contribution in [2.45, 2.75) is 19.0 Å². The van der Waals surface area contributed by atoms with Crippen LogP contribution >= 0.6 is 0 Å². The molecule has 2 aromatic rings. The van der Waals surface area contributed by atoms with Gasteiger partial charge < -0.3 is 10.2 Å². The van der Waals surface area contributed by atoms with Gasteiger partial charge in [-0.25, -0.2) is 0 Å². The molecule has 0 aliphatic carbocycles. The highest BCUT2D eigenvalue weighted by Gasteiger charge is 2.38. The molecule has 1 saturated heterocycles. The van der Waals surface area contributed by atoms with Crippen molar-refractivity contribution in [2.75, 3.05) is 19.6 Å². The van der Waals surface area contributed by atoms with Crippen LogP contribution < -0.4 is 5.32 Å². The molecular weight excluding hydrogens is 345 g/mol. The van der Waals surface area contributed by atoms with Crippen LogP contribution in [0.1, 0.15) is 23.2 Å². The first-order valence-electron chi connectivity index (χ1n) is 8.48. The molecule has 138 valence electrons. The highest BCUT2D eigenvalue weighted by molar-refractivity contribution is 6.07. The Bertz CT molecular complexity index is 807. The molecule has 1 N–H and O–H groups in total. The number of amides is 2. The third kappa shape index (κ3) is 3.98. The number of carbonyl (C=O) groups is 2. The number of nitrogens with one attached hydrogen (secondary N) is 1. The van der Waals surface area contributed by atoms with Crippen molar-refractivity contribution < 1.29 is 22.8 Å². The zero-order valence-electron chi connectivity index (χ0n) is 14.1. The molecule has 0 atom stereocenters. The van der Waals surface area contributed by atoms with Gasteiger partial charge in [-0.05, 0) is 35.6 Å². The van der Waals surface area contributed by atoms with Crippen molar-refractivity contribution in [3.05, 3.63) is 48.0 Å². The molecule has 7 heteroatoms. The topological polar surface area (TPSA) is 49.4 Å². The van der Waals surface area contributed by atoms with E-state index in [0.29, 0.717) is 31.5 Å². The summed E-state index contributed by atoms with van der Waals surface area (Å²) in [5, 5.41) is 3.80. The summed E-state index contributed by atoms with van der Waals surface area (Å²) in [6.45, 7) is 0.915. The van der Waals surface area contributed by atoms with Gasteiger partial charge in [0.15, 0.2) is 0 Å². The maximum absolute atomic E-state index is 12.8. The number of halogens is 3. The normalized spacial score (nSPS) is 15.9. The SMILES string of the molecule is O=C(c1cccc2ccccc12)N1CCC(CNC(=O)C(F)(F)F)CC1. The van der Waals surface area contributed by atoms with E-state index in [4.69, 9.17) is 0 Å². The number of likely N-dealkylation sites (tertiary alicyclic amines) is 1. The quantitative estimate of drug-likeness (QED) is 0.908. The predicted octanol–water partition coefficient (Wildman–Crippen LogP) is 3.37. The van der Waals surface area contributed by atoms with Gasteiger partial charge in [0.1, 0.15) is 0 Å². The number of hydrogen-bond donors (Lipinski definition) is 1. The Labute approximate surface area is 149 Å². The Morgan fingerprint density at radius 2 is 1.69 bits per heavy atom. The third-order valence-corrected chi connectivity index (χ3v) is 4.73. The highest BCUT2D eigenvalue weighted by Crippen LogP contribution is 2.23. The minimum Gasteiger partial charge on any atom is -0.348 e. The molecule has 2 amide bonds. The largest absolute Gasteiger partial charge is 0.471 e. The third-order valence-electron chi connectivity index (χ3n) is 4.73. The molecule has 1 aliphatic heterocycles. The van der Waals surface area contributed by atoms with Gasteiger partial charge in [0, 0.05) is 25.2 Å². The van der Waals surface area contributed by atoms with Crippen molar-refractivity contribution in [1.82, 2.24) is 10.2 Å². The second-order valence-electron chi connectivity index (χ2n) is 6.47. The lowest BCUT2D eigenvalue weighted by Crippen LogP contribution is -2.44. The van der Waals surface area contributed by atoms with Gasteiger partial charge in [-0.1, -0.05) is 36.4 Å². The molecule has 0 bridgehead atoms. The fourth-order valence-corrected chi connectivity index (χ4v) is 3.26. The minimum atomic E-state index is -4.86. The second-order valence-corrected chi connectivity index (χ2v) is 6.47. The molecule has 1 heterocycles. The lowest BCUT2D eigenvalue weighted by Gasteiger charge is -2.32. The number of rotatable bonds is 3. The Morgan fingerprint density at radius 1 is 1.04 bits per heavy atom. The van der Waals surface area contributed by atoms with Crippen LogP contribution in [0.2, 0.25) is 0 Å². The summed E-state index contributed by atoms with van der Waals surface area (Å²) in [6.07, 6.45) is -3.73. The van der Waals surface area contributed by atoms with Gasteiger partial charge in [0.05, 0.1) is 0 Å². The van der Waals surface area contributed by atoms with E-state index in [-0.39, 0.29) is 18.4 Å². The van der Waals surface area contributed by atoms with Crippen LogP contribution in [0.15, 0.2) is 42.5 Å². The summed E-state index contributed by atoms with van der Waals surface area (Å²) < 4.78 is 36.7. The lowest BCUT2D eigenvalue weighted by atomic mass is 9.95. The van der Waals surface area contributed by atoms with Gasteiger partial charge in [-0.3, -0.25) is 9.59 Å². The Balaban J connectivity index is 1.59. The smallest absolute Gasteiger partial charge is 0.348 e. The van der Waals surface area contributed by atoms with Gasteiger partial charge in [-0.2, -0.15) is 13.2 Å². The van der Waals surface area contributed by atoms with E-state index in [2.05, 4.69) is 0 Å². The Kier molecular flexibility index (Phi) is 5.15. The van der Waals surface area contributed by atoms with Gasteiger partial charge in [0.2, 0.25) is 0 Å². The molecule has 0 radical (unpaired) electrons. The van der Waals surface area contributed by atoms with E-state index in [1.165, 1.54) is 0 Å². The summed E-state index contributed by atoms with van der Waals surface area (Å²) >= 11 is 0. The van der Waals surface area contributed by atoms with E-state index in [9.17, 15) is 22.8 Å². The van der Waals surface area contributed by atoms with Crippen LogP contribution in [0.3, 0.4) is 0 Å². The molecule has 0 aromatic heterocycles. The van der Waals surface area contributed by atoms with Crippen LogP contribution in [0.25, 0.3) is 10.8 Å². The lowest BCUT2D eigenvalue weighted by molar-refractivity contribution is -0.173. The van der Waals surface area contributed by atoms with Gasteiger partial charge in [-0.15, -0.1) is 0 Å². The van der Waals surface area contributed by atoms with Crippen LogP contribution in [0.4, 0.5) is 13.2 Å². The summed E-state index contributed by atoms with van der Waals surface area (Å²) in [5.41, 5.74) is 0.631. The number of nitrogens with zero attached hydrogens (tertiary/aromatic N) is 1. The average Bonchev–Trinajstić information content (AvgIpc) is 2.64. The van der Waals surface area contributed by atoms with Gasteiger partial charge in [0.25, 0.3) is 5.91 Å². The number of piperidine rings is 1. The van der Waals surface area contributed by atoms with Crippen molar-refractivity contribution in [1.29, 1.82) is 0 Å². The first kappa shape index (κ1) is 18.2. The maximum Gasteiger partial charge on any atom is 0.471 e. The van der Waals surface area contributed by atoms with E-state index in [0.717, 1.165) is 10.8 Å². The highest BCUT2D eigenvalue weighted by atomic mass is 19.4. The number of hydrogen-bond acceptors (Lipinski definition) is 2. The number of carbonyl (C=O) groups excluding carboxylic acids is 2. The molecule has 26 heavy (non-hydrogen) atoms. The number of alkyl halides is 3. The van der Waals surface area contributed by atoms with E-state index >= 15 is 0 Å². The molecule has 4 nitrogen and oxygen atoms in total. The fourth-order valence-electron chi connectivity index (χ4n) is 3.26. The van der Waals surface area contributed by atoms with Gasteiger partial charge >= 0.3 is 12.1 Å². The summed E-state index contributed by atoms with van der Waals surface area (Å²) in [5.74, 6) is -2.04. The Morgan fingerprint density at radius 3 is 2.38 bits per heavy atom. The summed E-state index contributed by atoms with van der Waals surface area (Å²) in [7, 11) is 0. The van der Waals surface area contributed by atoms with E-state index in [1.807, 2.05) is 41.7 Å². The van der Waals surface area contributed by atoms with E-state index < -0.39 is 12.1 Å². The first-order valence-corrected chi connectivity index (χ1v) is 8.48. The van der Waals surface area contributed by atoms with Crippen LogP contribution in [0.5, 0.6) is 0 Å². The van der Waals surface area contributed by atoms with Crippen LogP contribution in [-0.4, -0.2) is 42.5 Å². The average molecular weight is 364 g/mol. The maximum atomic E-state index is 12.8. The summed E-state index contributed by atoms with van der Waals surface area (Å²) in [6, 6.07) is 13.2. The molecule has 1 fully saturated rings. The second kappa shape index (κ2) is 7.35. The minimum absolute atomic E-state index is 0.0192. The van der Waals surface area contributed by atoms with Crippen LogP contribution in [-0.2, 0) is 4.79 Å². The summed E-state index contributed by atoms with van der Waals surface area (Å²) in [4.78, 5) is 25.4. The number of benzene rings is 2. The van der Waals surface area contributed by atoms with E-state index in [1.54, 1.807) is 11.0 Å². The van der Waals surface area contributed by atoms with Crippen LogP contribution in [0, 0.1) is 5.92 Å². The van der Waals surface area contributed by atoms with Crippen molar-refractivity contribution in [3.63, 3.8) is 0 Å². The van der Waals surface area contributed by atoms with Crippen molar-refractivity contribution in [2.24, 2.45) is 5.92 Å². The molecule has 0 spiro atoms. The molecule has 1 aliphatic rings. The first-order chi connectivity index (χ1) is 12.4. The van der Waals surface area contributed by atoms with Crippen molar-refractivity contribution >= 4 is 22.6 Å².